The molecule has 1 N–H and O–H groups in total. The van der Waals surface area contributed by atoms with Crippen LogP contribution in [0.3, 0.4) is 0 Å². The van der Waals surface area contributed by atoms with Gasteiger partial charge in [0, 0.05) is 13.1 Å². The highest BCUT2D eigenvalue weighted by Gasteiger charge is 2.31. The molecule has 0 fully saturated rings. The Hall–Kier alpha value is -1.81. The molecule has 1 unspecified atom stereocenters. The van der Waals surface area contributed by atoms with Crippen molar-refractivity contribution in [2.45, 2.75) is 32.9 Å². The maximum absolute atomic E-state index is 11.7. The zero-order valence-electron chi connectivity index (χ0n) is 12.1. The van der Waals surface area contributed by atoms with Crippen LogP contribution < -0.4 is 4.90 Å². The van der Waals surface area contributed by atoms with Crippen LogP contribution in [0.25, 0.3) is 6.08 Å². The Bertz CT molecular complexity index is 493. The number of para-hydroxylation sites is 1. The van der Waals surface area contributed by atoms with Crippen LogP contribution in [0.4, 0.5) is 10.5 Å². The third-order valence-electron chi connectivity index (χ3n) is 3.51. The number of rotatable bonds is 5. The van der Waals surface area contributed by atoms with Crippen LogP contribution in [-0.2, 0) is 0 Å². The lowest BCUT2D eigenvalue weighted by Crippen LogP contribution is -2.51. The van der Waals surface area contributed by atoms with E-state index in [0.29, 0.717) is 0 Å². The van der Waals surface area contributed by atoms with Crippen LogP contribution in [-0.4, -0.2) is 35.4 Å². The minimum atomic E-state index is -0.899. The number of anilines is 1. The van der Waals surface area contributed by atoms with E-state index in [1.807, 2.05) is 36.4 Å². The fraction of sp³-hybridized carbons (Fsp3) is 0.438. The van der Waals surface area contributed by atoms with E-state index in [1.165, 1.54) is 4.90 Å². The molecule has 0 saturated carbocycles. The minimum Gasteiger partial charge on any atom is -0.465 e. The van der Waals surface area contributed by atoms with E-state index in [-0.39, 0.29) is 6.17 Å². The molecular formula is C16H22N2O2. The quantitative estimate of drug-likeness (QED) is 0.891. The van der Waals surface area contributed by atoms with Crippen LogP contribution in [0.5, 0.6) is 0 Å². The molecule has 1 aromatic rings. The van der Waals surface area contributed by atoms with Crippen molar-refractivity contribution in [2.75, 3.05) is 18.0 Å². The summed E-state index contributed by atoms with van der Waals surface area (Å²) < 4.78 is 0. The zero-order valence-corrected chi connectivity index (χ0v) is 12.1. The van der Waals surface area contributed by atoms with Gasteiger partial charge in [0.25, 0.3) is 0 Å². The summed E-state index contributed by atoms with van der Waals surface area (Å²) in [5, 5.41) is 9.61. The van der Waals surface area contributed by atoms with Gasteiger partial charge >= 0.3 is 6.09 Å². The number of hydrogen-bond acceptors (Lipinski definition) is 2. The van der Waals surface area contributed by atoms with Crippen LogP contribution in [0.2, 0.25) is 0 Å². The van der Waals surface area contributed by atoms with Crippen molar-refractivity contribution in [3.63, 3.8) is 0 Å². The molecule has 0 aliphatic carbocycles. The summed E-state index contributed by atoms with van der Waals surface area (Å²) in [6.45, 7) is 6.03. The monoisotopic (exact) mass is 274 g/mol. The second-order valence-electron chi connectivity index (χ2n) is 5.02. The number of carbonyl (C=O) groups is 1. The van der Waals surface area contributed by atoms with Gasteiger partial charge in [0.1, 0.15) is 6.17 Å². The molecule has 1 amide bonds. The van der Waals surface area contributed by atoms with Gasteiger partial charge in [-0.05, 0) is 30.5 Å². The summed E-state index contributed by atoms with van der Waals surface area (Å²) in [5.74, 6) is 0. The van der Waals surface area contributed by atoms with E-state index in [0.717, 1.165) is 37.2 Å². The van der Waals surface area contributed by atoms with Crippen LogP contribution in [0, 0.1) is 0 Å². The summed E-state index contributed by atoms with van der Waals surface area (Å²) in [4.78, 5) is 15.4. The van der Waals surface area contributed by atoms with Gasteiger partial charge in [0.2, 0.25) is 0 Å². The lowest BCUT2D eigenvalue weighted by Gasteiger charge is -2.39. The number of nitrogens with zero attached hydrogens (tertiary/aromatic N) is 2. The van der Waals surface area contributed by atoms with Crippen molar-refractivity contribution < 1.29 is 9.90 Å². The van der Waals surface area contributed by atoms with Gasteiger partial charge in [-0.1, -0.05) is 38.1 Å². The Labute approximate surface area is 120 Å². The molecule has 1 aliphatic heterocycles. The lowest BCUT2D eigenvalue weighted by molar-refractivity contribution is 0.177. The smallest absolute Gasteiger partial charge is 0.413 e. The average Bonchev–Trinajstić information content (AvgIpc) is 2.45. The third-order valence-corrected chi connectivity index (χ3v) is 3.51. The van der Waals surface area contributed by atoms with E-state index in [1.54, 1.807) is 0 Å². The summed E-state index contributed by atoms with van der Waals surface area (Å²) in [7, 11) is 0. The molecule has 108 valence electrons. The Morgan fingerprint density at radius 3 is 2.50 bits per heavy atom. The number of amides is 1. The van der Waals surface area contributed by atoms with Gasteiger partial charge in [-0.15, -0.1) is 0 Å². The van der Waals surface area contributed by atoms with Crippen LogP contribution >= 0.6 is 0 Å². The van der Waals surface area contributed by atoms with Gasteiger partial charge in [0.15, 0.2) is 0 Å². The lowest BCUT2D eigenvalue weighted by atomic mass is 10.1. The predicted octanol–water partition coefficient (Wildman–Crippen LogP) is 3.65. The minimum absolute atomic E-state index is 0.206. The normalized spacial score (nSPS) is 17.4. The molecular weight excluding hydrogens is 252 g/mol. The van der Waals surface area contributed by atoms with E-state index in [4.69, 9.17) is 0 Å². The summed E-state index contributed by atoms with van der Waals surface area (Å²) >= 11 is 0. The van der Waals surface area contributed by atoms with E-state index >= 15 is 0 Å². The van der Waals surface area contributed by atoms with Gasteiger partial charge in [0.05, 0.1) is 5.69 Å². The zero-order chi connectivity index (χ0) is 14.5. The van der Waals surface area contributed by atoms with Gasteiger partial charge in [-0.2, -0.15) is 0 Å². The van der Waals surface area contributed by atoms with Gasteiger partial charge in [-0.3, -0.25) is 9.80 Å². The molecule has 1 atom stereocenters. The highest BCUT2D eigenvalue weighted by Crippen LogP contribution is 2.30. The fourth-order valence-corrected chi connectivity index (χ4v) is 2.72. The molecule has 1 aliphatic rings. The molecule has 20 heavy (non-hydrogen) atoms. The molecule has 1 heterocycles. The first-order chi connectivity index (χ1) is 9.69. The first-order valence-electron chi connectivity index (χ1n) is 7.22. The molecule has 0 saturated heterocycles. The van der Waals surface area contributed by atoms with Crippen molar-refractivity contribution >= 4 is 17.9 Å². The van der Waals surface area contributed by atoms with Crippen molar-refractivity contribution in [2.24, 2.45) is 0 Å². The van der Waals surface area contributed by atoms with E-state index < -0.39 is 6.09 Å². The Kier molecular flexibility index (Phi) is 4.79. The van der Waals surface area contributed by atoms with E-state index in [9.17, 15) is 9.90 Å². The number of benzene rings is 1. The molecule has 0 bridgehead atoms. The molecule has 0 radical (unpaired) electrons. The largest absolute Gasteiger partial charge is 0.465 e. The molecule has 4 heteroatoms. The van der Waals surface area contributed by atoms with Gasteiger partial charge in [-0.25, -0.2) is 4.79 Å². The fourth-order valence-electron chi connectivity index (χ4n) is 2.72. The number of hydrogen-bond donors (Lipinski definition) is 1. The second kappa shape index (κ2) is 6.57. The molecule has 2 rings (SSSR count). The van der Waals surface area contributed by atoms with Crippen molar-refractivity contribution in [3.05, 3.63) is 35.9 Å². The second-order valence-corrected chi connectivity index (χ2v) is 5.02. The van der Waals surface area contributed by atoms with Crippen LogP contribution in [0.15, 0.2) is 30.3 Å². The Morgan fingerprint density at radius 1 is 1.25 bits per heavy atom. The van der Waals surface area contributed by atoms with Crippen molar-refractivity contribution in [1.82, 2.24) is 4.90 Å². The first kappa shape index (κ1) is 14.6. The number of carboxylic acid groups (broad SMARTS) is 1. The maximum atomic E-state index is 11.7. The summed E-state index contributed by atoms with van der Waals surface area (Å²) in [6.07, 6.45) is 4.93. The van der Waals surface area contributed by atoms with Crippen LogP contribution in [0.1, 0.15) is 32.3 Å². The molecule has 4 nitrogen and oxygen atoms in total. The van der Waals surface area contributed by atoms with Crippen molar-refractivity contribution in [1.29, 1.82) is 0 Å². The highest BCUT2D eigenvalue weighted by atomic mass is 16.4. The molecule has 0 spiro atoms. The average molecular weight is 274 g/mol. The Morgan fingerprint density at radius 2 is 1.90 bits per heavy atom. The van der Waals surface area contributed by atoms with Gasteiger partial charge < -0.3 is 5.11 Å². The third kappa shape index (κ3) is 2.85. The van der Waals surface area contributed by atoms with E-state index in [2.05, 4.69) is 18.7 Å². The summed E-state index contributed by atoms with van der Waals surface area (Å²) in [5.41, 5.74) is 1.73. The Balaban J connectivity index is 2.36. The molecule has 0 aromatic heterocycles. The maximum Gasteiger partial charge on any atom is 0.413 e. The molecule has 1 aromatic carbocycles. The highest BCUT2D eigenvalue weighted by molar-refractivity contribution is 5.92. The predicted molar refractivity (Wildman–Crippen MR) is 81.9 cm³/mol. The topological polar surface area (TPSA) is 43.8 Å². The van der Waals surface area contributed by atoms with Crippen molar-refractivity contribution in [3.8, 4) is 0 Å². The standard InChI is InChI=1S/C16H22N2O2/c1-3-11-17(12-4-2)15-10-9-13-7-5-6-8-14(13)18(15)16(19)20/h5-10,15H,3-4,11-12H2,1-2H3,(H,19,20). The SMILES string of the molecule is CCCN(CCC)C1C=Cc2ccccc2N1C(=O)O. The number of fused-ring (bicyclic) bond motifs is 1. The summed E-state index contributed by atoms with van der Waals surface area (Å²) in [6, 6.07) is 7.63. The first-order valence-corrected chi connectivity index (χ1v) is 7.22.